The number of fused-ring (bicyclic) bond motifs is 6. The predicted octanol–water partition coefficient (Wildman–Crippen LogP) is 2.77. The molecule has 0 heterocycles. The summed E-state index contributed by atoms with van der Waals surface area (Å²) in [5, 5.41) is 0. The van der Waals surface area contributed by atoms with E-state index in [4.69, 9.17) is 0 Å². The maximum atomic E-state index is 2.55. The molecule has 0 aromatic rings. The van der Waals surface area contributed by atoms with Crippen molar-refractivity contribution in [2.45, 2.75) is 19.3 Å². The lowest BCUT2D eigenvalue weighted by atomic mass is 9.78. The lowest BCUT2D eigenvalue weighted by molar-refractivity contribution is 0.293. The normalized spacial score (nSPS) is 55.3. The summed E-state index contributed by atoms with van der Waals surface area (Å²) in [6.45, 7) is 0. The SMILES string of the molecule is C1=CC2CC1C1C=CC3(CC3)C21. The Kier molecular flexibility index (Phi) is 0.788. The van der Waals surface area contributed by atoms with E-state index < -0.39 is 0 Å². The second-order valence-corrected chi connectivity index (χ2v) is 5.14. The number of allylic oxidation sites excluding steroid dienone is 4. The maximum absolute atomic E-state index is 2.55. The van der Waals surface area contributed by atoms with Crippen LogP contribution in [-0.2, 0) is 0 Å². The average Bonchev–Trinajstić information content (AvgIpc) is 2.47. The highest BCUT2D eigenvalue weighted by atomic mass is 14.6. The summed E-state index contributed by atoms with van der Waals surface area (Å²) in [7, 11) is 0. The second kappa shape index (κ2) is 1.57. The van der Waals surface area contributed by atoms with E-state index in [1.54, 1.807) is 0 Å². The van der Waals surface area contributed by atoms with Gasteiger partial charge in [-0.15, -0.1) is 0 Å². The summed E-state index contributed by atoms with van der Waals surface area (Å²) >= 11 is 0. The van der Waals surface area contributed by atoms with Crippen LogP contribution >= 0.6 is 0 Å². The summed E-state index contributed by atoms with van der Waals surface area (Å²) in [5.74, 6) is 3.86. The molecule has 2 saturated carbocycles. The van der Waals surface area contributed by atoms with Crippen LogP contribution < -0.4 is 0 Å². The van der Waals surface area contributed by atoms with Gasteiger partial charge in [-0.25, -0.2) is 0 Å². The number of hydrogen-bond donors (Lipinski definition) is 0. The van der Waals surface area contributed by atoms with Crippen molar-refractivity contribution in [2.75, 3.05) is 0 Å². The van der Waals surface area contributed by atoms with Gasteiger partial charge in [0.25, 0.3) is 0 Å². The van der Waals surface area contributed by atoms with Crippen molar-refractivity contribution in [1.82, 2.24) is 0 Å². The number of rotatable bonds is 0. The first-order valence-electron chi connectivity index (χ1n) is 5.27. The Bertz CT molecular complexity index is 293. The molecule has 4 rings (SSSR count). The molecule has 0 aliphatic heterocycles. The lowest BCUT2D eigenvalue weighted by Gasteiger charge is -2.25. The van der Waals surface area contributed by atoms with E-state index in [-0.39, 0.29) is 0 Å². The minimum Gasteiger partial charge on any atom is -0.0848 e. The minimum atomic E-state index is 0.717. The lowest BCUT2D eigenvalue weighted by Crippen LogP contribution is -2.21. The van der Waals surface area contributed by atoms with Crippen molar-refractivity contribution in [1.29, 1.82) is 0 Å². The smallest absolute Gasteiger partial charge is 0.00778 e. The van der Waals surface area contributed by atoms with E-state index in [2.05, 4.69) is 24.3 Å². The molecule has 1 spiro atoms. The standard InChI is InChI=1S/C12H14/c1-2-9-7-8(1)10-3-4-12(5-6-12)11(9)10/h1-4,8-11H,5-7H2. The van der Waals surface area contributed by atoms with Crippen molar-refractivity contribution in [3.8, 4) is 0 Å². The molecular weight excluding hydrogens is 144 g/mol. The van der Waals surface area contributed by atoms with E-state index >= 15 is 0 Å². The van der Waals surface area contributed by atoms with Gasteiger partial charge < -0.3 is 0 Å². The first kappa shape index (κ1) is 6.01. The van der Waals surface area contributed by atoms with E-state index in [1.165, 1.54) is 19.3 Å². The summed E-state index contributed by atoms with van der Waals surface area (Å²) in [4.78, 5) is 0. The van der Waals surface area contributed by atoms with Crippen molar-refractivity contribution < 1.29 is 0 Å². The van der Waals surface area contributed by atoms with E-state index in [1.807, 2.05) is 0 Å². The summed E-state index contributed by atoms with van der Waals surface area (Å²) < 4.78 is 0. The fourth-order valence-electron chi connectivity index (χ4n) is 3.99. The van der Waals surface area contributed by atoms with Gasteiger partial charge in [0.1, 0.15) is 0 Å². The molecule has 0 amide bonds. The Labute approximate surface area is 73.4 Å². The Balaban J connectivity index is 1.85. The van der Waals surface area contributed by atoms with Gasteiger partial charge in [-0.1, -0.05) is 24.3 Å². The first-order valence-corrected chi connectivity index (χ1v) is 5.27. The molecule has 2 bridgehead atoms. The summed E-state index contributed by atoms with van der Waals surface area (Å²) in [5.41, 5.74) is 0.717. The quantitative estimate of drug-likeness (QED) is 0.475. The van der Waals surface area contributed by atoms with Crippen LogP contribution in [0.5, 0.6) is 0 Å². The topological polar surface area (TPSA) is 0 Å². The van der Waals surface area contributed by atoms with Crippen LogP contribution in [-0.4, -0.2) is 0 Å². The Morgan fingerprint density at radius 2 is 1.83 bits per heavy atom. The molecule has 0 aromatic carbocycles. The van der Waals surface area contributed by atoms with Crippen LogP contribution in [0.2, 0.25) is 0 Å². The van der Waals surface area contributed by atoms with E-state index in [0.717, 1.165) is 29.1 Å². The van der Waals surface area contributed by atoms with Crippen LogP contribution in [0, 0.1) is 29.1 Å². The maximum Gasteiger partial charge on any atom is -0.00778 e. The third-order valence-corrected chi connectivity index (χ3v) is 4.66. The van der Waals surface area contributed by atoms with Crippen molar-refractivity contribution in [2.24, 2.45) is 29.1 Å². The van der Waals surface area contributed by atoms with Gasteiger partial charge in [-0.2, -0.15) is 0 Å². The highest BCUT2D eigenvalue weighted by molar-refractivity contribution is 5.31. The van der Waals surface area contributed by atoms with Crippen LogP contribution in [0.3, 0.4) is 0 Å². The van der Waals surface area contributed by atoms with Gasteiger partial charge in [0.2, 0.25) is 0 Å². The predicted molar refractivity (Wildman–Crippen MR) is 48.5 cm³/mol. The fourth-order valence-corrected chi connectivity index (χ4v) is 3.99. The fraction of sp³-hybridized carbons (Fsp3) is 0.667. The highest BCUT2D eigenvalue weighted by Crippen LogP contribution is 2.68. The summed E-state index contributed by atoms with van der Waals surface area (Å²) in [6, 6.07) is 0. The molecule has 0 N–H and O–H groups in total. The van der Waals surface area contributed by atoms with Crippen molar-refractivity contribution in [3.63, 3.8) is 0 Å². The molecule has 12 heavy (non-hydrogen) atoms. The molecule has 4 aliphatic carbocycles. The first-order chi connectivity index (χ1) is 5.89. The zero-order valence-corrected chi connectivity index (χ0v) is 7.24. The molecule has 0 nitrogen and oxygen atoms in total. The van der Waals surface area contributed by atoms with Gasteiger partial charge in [0.15, 0.2) is 0 Å². The third kappa shape index (κ3) is 0.485. The summed E-state index contributed by atoms with van der Waals surface area (Å²) in [6.07, 6.45) is 14.5. The molecule has 4 unspecified atom stereocenters. The zero-order chi connectivity index (χ0) is 7.76. The molecule has 4 atom stereocenters. The molecule has 0 radical (unpaired) electrons. The van der Waals surface area contributed by atoms with Gasteiger partial charge in [-0.05, 0) is 48.3 Å². The minimum absolute atomic E-state index is 0.717. The van der Waals surface area contributed by atoms with Gasteiger partial charge in [-0.3, -0.25) is 0 Å². The molecule has 0 saturated heterocycles. The average molecular weight is 158 g/mol. The van der Waals surface area contributed by atoms with E-state index in [0.29, 0.717) is 0 Å². The molecule has 4 aliphatic rings. The molecule has 2 fully saturated rings. The monoisotopic (exact) mass is 158 g/mol. The molecule has 0 aromatic heterocycles. The largest absolute Gasteiger partial charge is 0.0848 e. The Morgan fingerprint density at radius 3 is 2.67 bits per heavy atom. The van der Waals surface area contributed by atoms with E-state index in [9.17, 15) is 0 Å². The van der Waals surface area contributed by atoms with Gasteiger partial charge in [0, 0.05) is 0 Å². The molecule has 0 heteroatoms. The zero-order valence-electron chi connectivity index (χ0n) is 7.24. The highest BCUT2D eigenvalue weighted by Gasteiger charge is 2.60. The Morgan fingerprint density at radius 1 is 1.00 bits per heavy atom. The van der Waals surface area contributed by atoms with Gasteiger partial charge in [0.05, 0.1) is 0 Å². The van der Waals surface area contributed by atoms with Crippen molar-refractivity contribution >= 4 is 0 Å². The van der Waals surface area contributed by atoms with Gasteiger partial charge >= 0.3 is 0 Å². The van der Waals surface area contributed by atoms with Crippen LogP contribution in [0.1, 0.15) is 19.3 Å². The number of hydrogen-bond acceptors (Lipinski definition) is 0. The van der Waals surface area contributed by atoms with Crippen LogP contribution in [0.4, 0.5) is 0 Å². The molecular formula is C12H14. The second-order valence-electron chi connectivity index (χ2n) is 5.14. The van der Waals surface area contributed by atoms with Crippen LogP contribution in [0.25, 0.3) is 0 Å². The van der Waals surface area contributed by atoms with Crippen LogP contribution in [0.15, 0.2) is 24.3 Å². The van der Waals surface area contributed by atoms with Crippen molar-refractivity contribution in [3.05, 3.63) is 24.3 Å². The third-order valence-electron chi connectivity index (χ3n) is 4.66. The Hall–Kier alpha value is -0.520. The molecule has 62 valence electrons.